The summed E-state index contributed by atoms with van der Waals surface area (Å²) in [5.74, 6) is 0.523. The van der Waals surface area contributed by atoms with Crippen molar-refractivity contribution < 1.29 is 0 Å². The molecule has 0 aliphatic rings. The van der Waals surface area contributed by atoms with E-state index in [2.05, 4.69) is 83.4 Å². The topological polar surface area (TPSA) is 52.7 Å². The minimum Gasteiger partial charge on any atom is -0.277 e. The lowest BCUT2D eigenvalue weighted by atomic mass is 9.97. The number of pyridine rings is 1. The van der Waals surface area contributed by atoms with Gasteiger partial charge in [-0.25, -0.2) is 9.97 Å². The van der Waals surface area contributed by atoms with Crippen LogP contribution in [0.15, 0.2) is 163 Å². The average molecular weight is 615 g/mol. The van der Waals surface area contributed by atoms with Crippen LogP contribution in [0.4, 0.5) is 0 Å². The SMILES string of the molecule is O=c1c2c(ccc3c4ccccc4n(-c4nc(-c5ccccc5)c5ccccc5n4)c32)c2c3ccccc3ccc2n1-c1ccccc1. The van der Waals surface area contributed by atoms with Gasteiger partial charge >= 0.3 is 0 Å². The molecule has 10 rings (SSSR count). The van der Waals surface area contributed by atoms with Crippen LogP contribution in [0.25, 0.3) is 88.0 Å². The number of nitrogens with zero attached hydrogens (tertiary/aromatic N) is 4. The fourth-order valence-corrected chi connectivity index (χ4v) is 7.45. The van der Waals surface area contributed by atoms with E-state index in [1.165, 1.54) is 0 Å². The van der Waals surface area contributed by atoms with E-state index in [-0.39, 0.29) is 5.56 Å². The zero-order valence-electron chi connectivity index (χ0n) is 25.7. The highest BCUT2D eigenvalue weighted by Gasteiger charge is 2.23. The van der Waals surface area contributed by atoms with Crippen LogP contribution >= 0.6 is 0 Å². The molecule has 3 heterocycles. The molecule has 3 aromatic heterocycles. The van der Waals surface area contributed by atoms with Crippen molar-refractivity contribution >= 4 is 65.2 Å². The molecule has 0 aliphatic carbocycles. The van der Waals surface area contributed by atoms with Gasteiger partial charge in [-0.2, -0.15) is 0 Å². The first-order valence-electron chi connectivity index (χ1n) is 16.1. The maximum Gasteiger partial charge on any atom is 0.265 e. The van der Waals surface area contributed by atoms with E-state index in [1.807, 2.05) is 83.4 Å². The fraction of sp³-hybridized carbons (Fsp3) is 0. The largest absolute Gasteiger partial charge is 0.277 e. The molecule has 5 nitrogen and oxygen atoms in total. The van der Waals surface area contributed by atoms with Crippen molar-refractivity contribution in [2.24, 2.45) is 0 Å². The van der Waals surface area contributed by atoms with Crippen LogP contribution in [0.5, 0.6) is 0 Å². The summed E-state index contributed by atoms with van der Waals surface area (Å²) in [4.78, 5) is 25.6. The van der Waals surface area contributed by atoms with Gasteiger partial charge in [0.25, 0.3) is 5.56 Å². The molecule has 0 N–H and O–H groups in total. The number of aromatic nitrogens is 4. The lowest BCUT2D eigenvalue weighted by Gasteiger charge is -2.17. The Morgan fingerprint density at radius 2 is 1.10 bits per heavy atom. The van der Waals surface area contributed by atoms with E-state index >= 15 is 4.79 Å². The van der Waals surface area contributed by atoms with Crippen LogP contribution in [-0.4, -0.2) is 19.1 Å². The molecule has 0 radical (unpaired) electrons. The Morgan fingerprint density at radius 3 is 1.94 bits per heavy atom. The molecule has 0 amide bonds. The number of rotatable bonds is 3. The second-order valence-corrected chi connectivity index (χ2v) is 12.1. The monoisotopic (exact) mass is 614 g/mol. The van der Waals surface area contributed by atoms with Gasteiger partial charge in [0.05, 0.1) is 33.1 Å². The standard InChI is InChI=1S/C43H26N4O/c48-42-39-34(38-30-18-8-7-13-27(30)23-26-37(38)46(42)29-16-5-2-6-17-29)25-24-32-31-19-10-12-22-36(31)47(41(32)39)43-44-35-21-11-9-20-33(35)40(45-43)28-14-3-1-4-15-28/h1-26H. The van der Waals surface area contributed by atoms with Crippen LogP contribution in [0.2, 0.25) is 0 Å². The van der Waals surface area contributed by atoms with Crippen molar-refractivity contribution in [1.29, 1.82) is 0 Å². The van der Waals surface area contributed by atoms with Crippen LogP contribution in [0, 0.1) is 0 Å². The molecule has 0 aliphatic heterocycles. The highest BCUT2D eigenvalue weighted by Crippen LogP contribution is 2.40. The molecule has 0 bridgehead atoms. The first kappa shape index (κ1) is 26.6. The molecule has 224 valence electrons. The molecule has 0 saturated carbocycles. The molecule has 0 spiro atoms. The van der Waals surface area contributed by atoms with Crippen LogP contribution < -0.4 is 5.56 Å². The molecule has 0 atom stereocenters. The van der Waals surface area contributed by atoms with Gasteiger partial charge in [-0.1, -0.05) is 127 Å². The van der Waals surface area contributed by atoms with Gasteiger partial charge < -0.3 is 0 Å². The highest BCUT2D eigenvalue weighted by atomic mass is 16.1. The van der Waals surface area contributed by atoms with Gasteiger partial charge in [0.2, 0.25) is 5.95 Å². The number of hydrogen-bond donors (Lipinski definition) is 0. The summed E-state index contributed by atoms with van der Waals surface area (Å²) in [6.45, 7) is 0. The third-order valence-electron chi connectivity index (χ3n) is 9.52. The van der Waals surface area contributed by atoms with Crippen molar-refractivity contribution in [2.75, 3.05) is 0 Å². The van der Waals surface area contributed by atoms with Gasteiger partial charge in [-0.15, -0.1) is 0 Å². The number of hydrogen-bond acceptors (Lipinski definition) is 3. The molecule has 0 unspecified atom stereocenters. The predicted octanol–water partition coefficient (Wildman–Crippen LogP) is 10.0. The van der Waals surface area contributed by atoms with E-state index in [0.29, 0.717) is 11.3 Å². The van der Waals surface area contributed by atoms with Crippen LogP contribution in [0.1, 0.15) is 0 Å². The average Bonchev–Trinajstić information content (AvgIpc) is 3.49. The van der Waals surface area contributed by atoms with E-state index in [9.17, 15) is 0 Å². The van der Waals surface area contributed by atoms with Crippen LogP contribution in [0.3, 0.4) is 0 Å². The first-order chi connectivity index (χ1) is 23.8. The van der Waals surface area contributed by atoms with Crippen molar-refractivity contribution in [3.05, 3.63) is 168 Å². The molecule has 5 heteroatoms. The Balaban J connectivity index is 1.45. The maximum absolute atomic E-state index is 15.2. The maximum atomic E-state index is 15.2. The van der Waals surface area contributed by atoms with Gasteiger partial charge in [0.1, 0.15) is 0 Å². The van der Waals surface area contributed by atoms with E-state index in [0.717, 1.165) is 76.7 Å². The molecular weight excluding hydrogens is 589 g/mol. The first-order valence-corrected chi connectivity index (χ1v) is 16.1. The minimum atomic E-state index is -0.0855. The summed E-state index contributed by atoms with van der Waals surface area (Å²) in [6.07, 6.45) is 0. The third kappa shape index (κ3) is 3.76. The normalized spacial score (nSPS) is 11.8. The molecule has 0 saturated heterocycles. The Labute approximate surface area is 274 Å². The summed E-state index contributed by atoms with van der Waals surface area (Å²) in [7, 11) is 0. The Bertz CT molecular complexity index is 2960. The van der Waals surface area contributed by atoms with Gasteiger partial charge in [0, 0.05) is 32.8 Å². The summed E-state index contributed by atoms with van der Waals surface area (Å²) in [6, 6.07) is 53.4. The van der Waals surface area contributed by atoms with Crippen molar-refractivity contribution in [3.8, 4) is 22.9 Å². The van der Waals surface area contributed by atoms with Crippen molar-refractivity contribution in [1.82, 2.24) is 19.1 Å². The van der Waals surface area contributed by atoms with E-state index < -0.39 is 0 Å². The minimum absolute atomic E-state index is 0.0855. The fourth-order valence-electron chi connectivity index (χ4n) is 7.45. The molecule has 0 fully saturated rings. The summed E-state index contributed by atoms with van der Waals surface area (Å²) < 4.78 is 3.96. The lowest BCUT2D eigenvalue weighted by molar-refractivity contribution is 1.01. The van der Waals surface area contributed by atoms with Gasteiger partial charge in [-0.05, 0) is 46.5 Å². The molecular formula is C43H26N4O. The number of para-hydroxylation sites is 3. The second-order valence-electron chi connectivity index (χ2n) is 12.1. The van der Waals surface area contributed by atoms with Crippen molar-refractivity contribution in [3.63, 3.8) is 0 Å². The summed E-state index contributed by atoms with van der Waals surface area (Å²) in [5, 5.41) is 7.78. The van der Waals surface area contributed by atoms with E-state index in [4.69, 9.17) is 9.97 Å². The Hall–Kier alpha value is -6.59. The summed E-state index contributed by atoms with van der Waals surface area (Å²) >= 11 is 0. The van der Waals surface area contributed by atoms with Crippen molar-refractivity contribution in [2.45, 2.75) is 0 Å². The zero-order valence-corrected chi connectivity index (χ0v) is 25.7. The Morgan fingerprint density at radius 1 is 0.438 bits per heavy atom. The van der Waals surface area contributed by atoms with Crippen LogP contribution in [-0.2, 0) is 0 Å². The van der Waals surface area contributed by atoms with Gasteiger partial charge in [0.15, 0.2) is 0 Å². The van der Waals surface area contributed by atoms with E-state index in [1.54, 1.807) is 0 Å². The predicted molar refractivity (Wildman–Crippen MR) is 197 cm³/mol. The second kappa shape index (κ2) is 10.2. The molecule has 7 aromatic carbocycles. The number of benzene rings is 7. The summed E-state index contributed by atoms with van der Waals surface area (Å²) in [5.41, 5.74) is 6.03. The molecule has 10 aromatic rings. The highest BCUT2D eigenvalue weighted by molar-refractivity contribution is 6.26. The quantitative estimate of drug-likeness (QED) is 0.186. The third-order valence-corrected chi connectivity index (χ3v) is 9.52. The lowest BCUT2D eigenvalue weighted by Crippen LogP contribution is -2.20. The smallest absolute Gasteiger partial charge is 0.265 e. The number of fused-ring (bicyclic) bond motifs is 10. The zero-order chi connectivity index (χ0) is 31.8. The van der Waals surface area contributed by atoms with Gasteiger partial charge in [-0.3, -0.25) is 13.9 Å². The molecule has 48 heavy (non-hydrogen) atoms. The Kier molecular flexibility index (Phi) is 5.66.